The van der Waals surface area contributed by atoms with E-state index in [1.54, 1.807) is 0 Å². The molecule has 2 unspecified atom stereocenters. The molecule has 0 saturated carbocycles. The average Bonchev–Trinajstić information content (AvgIpc) is 2.23. The third-order valence-electron chi connectivity index (χ3n) is 2.98. The lowest BCUT2D eigenvalue weighted by Crippen LogP contribution is -2.41. The summed E-state index contributed by atoms with van der Waals surface area (Å²) >= 11 is 0. The van der Waals surface area contributed by atoms with Gasteiger partial charge in [0.05, 0.1) is 25.4 Å². The molecule has 1 fully saturated rings. The fourth-order valence-electron chi connectivity index (χ4n) is 1.74. The molecular formula is C13H19NO2. The summed E-state index contributed by atoms with van der Waals surface area (Å²) in [7, 11) is 0. The van der Waals surface area contributed by atoms with Gasteiger partial charge in [-0.25, -0.2) is 0 Å². The highest BCUT2D eigenvalue weighted by Crippen LogP contribution is 2.20. The van der Waals surface area contributed by atoms with Crippen molar-refractivity contribution in [2.45, 2.75) is 32.1 Å². The van der Waals surface area contributed by atoms with Crippen LogP contribution in [-0.4, -0.2) is 25.4 Å². The number of benzene rings is 1. The predicted molar refractivity (Wildman–Crippen MR) is 63.3 cm³/mol. The van der Waals surface area contributed by atoms with Crippen LogP contribution in [0.1, 0.15) is 24.1 Å². The molecule has 0 spiro atoms. The van der Waals surface area contributed by atoms with E-state index in [0.29, 0.717) is 13.2 Å². The van der Waals surface area contributed by atoms with Crippen LogP contribution < -0.4 is 5.73 Å². The fraction of sp³-hybridized carbons (Fsp3) is 0.538. The Hall–Kier alpha value is -0.900. The third kappa shape index (κ3) is 2.61. The van der Waals surface area contributed by atoms with Gasteiger partial charge in [0.1, 0.15) is 6.10 Å². The molecule has 1 heterocycles. The van der Waals surface area contributed by atoms with E-state index in [-0.39, 0.29) is 18.2 Å². The van der Waals surface area contributed by atoms with Gasteiger partial charge in [-0.05, 0) is 19.4 Å². The quantitative estimate of drug-likeness (QED) is 0.843. The van der Waals surface area contributed by atoms with E-state index in [1.165, 1.54) is 5.56 Å². The van der Waals surface area contributed by atoms with Crippen LogP contribution in [0, 0.1) is 6.92 Å². The Morgan fingerprint density at radius 1 is 1.31 bits per heavy atom. The van der Waals surface area contributed by atoms with Gasteiger partial charge in [-0.15, -0.1) is 0 Å². The smallest absolute Gasteiger partial charge is 0.105 e. The molecule has 3 heteroatoms. The van der Waals surface area contributed by atoms with Crippen molar-refractivity contribution < 1.29 is 9.47 Å². The van der Waals surface area contributed by atoms with Gasteiger partial charge >= 0.3 is 0 Å². The Morgan fingerprint density at radius 3 is 2.44 bits per heavy atom. The Kier molecular flexibility index (Phi) is 3.59. The monoisotopic (exact) mass is 221 g/mol. The van der Waals surface area contributed by atoms with Crippen molar-refractivity contribution in [3.05, 3.63) is 35.4 Å². The molecule has 0 aliphatic carbocycles. The lowest BCUT2D eigenvalue weighted by molar-refractivity contribution is -0.155. The summed E-state index contributed by atoms with van der Waals surface area (Å²) in [5.74, 6) is 0. The van der Waals surface area contributed by atoms with Crippen LogP contribution in [0.3, 0.4) is 0 Å². The zero-order chi connectivity index (χ0) is 11.5. The molecule has 3 nitrogen and oxygen atoms in total. The largest absolute Gasteiger partial charge is 0.376 e. The highest BCUT2D eigenvalue weighted by molar-refractivity contribution is 5.24. The first-order chi connectivity index (χ1) is 7.66. The second-order valence-electron chi connectivity index (χ2n) is 4.44. The van der Waals surface area contributed by atoms with Gasteiger partial charge in [0.15, 0.2) is 0 Å². The highest BCUT2D eigenvalue weighted by Gasteiger charge is 2.24. The van der Waals surface area contributed by atoms with Crippen LogP contribution in [0.4, 0.5) is 0 Å². The van der Waals surface area contributed by atoms with Crippen LogP contribution in [-0.2, 0) is 9.47 Å². The topological polar surface area (TPSA) is 44.5 Å². The zero-order valence-corrected chi connectivity index (χ0v) is 9.85. The zero-order valence-electron chi connectivity index (χ0n) is 9.85. The van der Waals surface area contributed by atoms with E-state index in [9.17, 15) is 0 Å². The summed E-state index contributed by atoms with van der Waals surface area (Å²) < 4.78 is 10.9. The summed E-state index contributed by atoms with van der Waals surface area (Å²) in [4.78, 5) is 0. The Morgan fingerprint density at radius 2 is 1.94 bits per heavy atom. The summed E-state index contributed by atoms with van der Waals surface area (Å²) in [5.41, 5.74) is 8.52. The van der Waals surface area contributed by atoms with Crippen molar-refractivity contribution in [3.8, 4) is 0 Å². The molecule has 0 aromatic heterocycles. The summed E-state index contributed by atoms with van der Waals surface area (Å²) in [6.45, 7) is 5.49. The van der Waals surface area contributed by atoms with Crippen molar-refractivity contribution in [1.82, 2.24) is 0 Å². The Bertz CT molecular complexity index is 332. The molecule has 2 N–H and O–H groups in total. The van der Waals surface area contributed by atoms with Gasteiger partial charge in [-0.1, -0.05) is 29.8 Å². The van der Waals surface area contributed by atoms with Crippen molar-refractivity contribution in [1.29, 1.82) is 0 Å². The first-order valence-electron chi connectivity index (χ1n) is 5.72. The molecular weight excluding hydrogens is 202 g/mol. The van der Waals surface area contributed by atoms with Crippen molar-refractivity contribution >= 4 is 0 Å². The van der Waals surface area contributed by atoms with E-state index in [0.717, 1.165) is 5.56 Å². The first-order valence-corrected chi connectivity index (χ1v) is 5.72. The number of rotatable bonds is 4. The maximum Gasteiger partial charge on any atom is 0.105 e. The van der Waals surface area contributed by atoms with Gasteiger partial charge in [-0.2, -0.15) is 0 Å². The maximum absolute atomic E-state index is 6.15. The van der Waals surface area contributed by atoms with E-state index in [2.05, 4.69) is 31.2 Å². The molecule has 0 radical (unpaired) electrons. The molecule has 1 aliphatic heterocycles. The van der Waals surface area contributed by atoms with Gasteiger partial charge in [0.25, 0.3) is 0 Å². The minimum atomic E-state index is -0.0683. The molecule has 0 amide bonds. The Labute approximate surface area is 96.5 Å². The molecule has 1 aromatic rings. The van der Waals surface area contributed by atoms with Crippen molar-refractivity contribution in [3.63, 3.8) is 0 Å². The molecule has 2 atom stereocenters. The highest BCUT2D eigenvalue weighted by atomic mass is 16.6. The fourth-order valence-corrected chi connectivity index (χ4v) is 1.74. The van der Waals surface area contributed by atoms with E-state index in [1.807, 2.05) is 6.92 Å². The minimum absolute atomic E-state index is 0.0246. The molecule has 0 bridgehead atoms. The second kappa shape index (κ2) is 4.95. The Balaban J connectivity index is 1.94. The van der Waals surface area contributed by atoms with E-state index < -0.39 is 0 Å². The summed E-state index contributed by atoms with van der Waals surface area (Å²) in [5, 5.41) is 0. The number of ether oxygens (including phenoxy) is 2. The molecule has 88 valence electrons. The number of hydrogen-bond acceptors (Lipinski definition) is 3. The maximum atomic E-state index is 6.15. The van der Waals surface area contributed by atoms with Crippen LogP contribution in [0.25, 0.3) is 0 Å². The number of nitrogens with two attached hydrogens (primary N) is 1. The van der Waals surface area contributed by atoms with Crippen LogP contribution in [0.2, 0.25) is 0 Å². The average molecular weight is 221 g/mol. The molecule has 16 heavy (non-hydrogen) atoms. The van der Waals surface area contributed by atoms with Crippen LogP contribution >= 0.6 is 0 Å². The SMILES string of the molecule is Cc1ccc(C(N)C(C)OC2COC2)cc1. The lowest BCUT2D eigenvalue weighted by atomic mass is 10.0. The van der Waals surface area contributed by atoms with Gasteiger partial charge in [0, 0.05) is 0 Å². The molecule has 1 saturated heterocycles. The molecule has 1 aliphatic rings. The second-order valence-corrected chi connectivity index (χ2v) is 4.44. The number of aryl methyl sites for hydroxylation is 1. The van der Waals surface area contributed by atoms with Crippen molar-refractivity contribution in [2.75, 3.05) is 13.2 Å². The minimum Gasteiger partial charge on any atom is -0.376 e. The molecule has 2 rings (SSSR count). The predicted octanol–water partition coefficient (Wildman–Crippen LogP) is 1.80. The van der Waals surface area contributed by atoms with Crippen LogP contribution in [0.15, 0.2) is 24.3 Å². The summed E-state index contributed by atoms with van der Waals surface area (Å²) in [6, 6.07) is 8.22. The normalized spacial score (nSPS) is 20.2. The van der Waals surface area contributed by atoms with Gasteiger partial charge in [-0.3, -0.25) is 0 Å². The van der Waals surface area contributed by atoms with Crippen molar-refractivity contribution in [2.24, 2.45) is 5.73 Å². The number of hydrogen-bond donors (Lipinski definition) is 1. The third-order valence-corrected chi connectivity index (χ3v) is 2.98. The lowest BCUT2D eigenvalue weighted by Gasteiger charge is -2.31. The first kappa shape index (κ1) is 11.6. The van der Waals surface area contributed by atoms with Crippen LogP contribution in [0.5, 0.6) is 0 Å². The standard InChI is InChI=1S/C13H19NO2/c1-9-3-5-11(6-4-9)13(14)10(2)16-12-7-15-8-12/h3-6,10,12-13H,7-8,14H2,1-2H3. The van der Waals surface area contributed by atoms with E-state index >= 15 is 0 Å². The van der Waals surface area contributed by atoms with Gasteiger partial charge < -0.3 is 15.2 Å². The summed E-state index contributed by atoms with van der Waals surface area (Å²) in [6.07, 6.45) is 0.253. The molecule has 1 aromatic carbocycles. The van der Waals surface area contributed by atoms with E-state index in [4.69, 9.17) is 15.2 Å². The van der Waals surface area contributed by atoms with Gasteiger partial charge in [0.2, 0.25) is 0 Å².